The number of benzene rings is 1. The SMILES string of the molecule is CCOC(=O)c1c(OC(F)F)cccc1C(Br)C(C)=O. The van der Waals surface area contributed by atoms with Gasteiger partial charge in [-0.25, -0.2) is 4.79 Å². The number of rotatable bonds is 6. The summed E-state index contributed by atoms with van der Waals surface area (Å²) >= 11 is 3.12. The highest BCUT2D eigenvalue weighted by Crippen LogP contribution is 2.33. The van der Waals surface area contributed by atoms with E-state index in [1.54, 1.807) is 6.92 Å². The largest absolute Gasteiger partial charge is 0.462 e. The Bertz CT molecular complexity index is 505. The minimum absolute atomic E-state index is 0.0777. The lowest BCUT2D eigenvalue weighted by Crippen LogP contribution is -2.15. The van der Waals surface area contributed by atoms with Crippen molar-refractivity contribution >= 4 is 27.7 Å². The van der Waals surface area contributed by atoms with Crippen LogP contribution in [0.1, 0.15) is 34.6 Å². The summed E-state index contributed by atoms with van der Waals surface area (Å²) in [5, 5.41) is 0. The Morgan fingerprint density at radius 3 is 2.50 bits per heavy atom. The molecule has 0 saturated heterocycles. The number of esters is 1. The van der Waals surface area contributed by atoms with Gasteiger partial charge in [0, 0.05) is 0 Å². The van der Waals surface area contributed by atoms with Crippen molar-refractivity contribution in [3.63, 3.8) is 0 Å². The van der Waals surface area contributed by atoms with E-state index in [1.807, 2.05) is 0 Å². The third-order valence-corrected chi connectivity index (χ3v) is 3.52. The first-order valence-corrected chi connectivity index (χ1v) is 6.69. The molecule has 1 unspecified atom stereocenters. The first kappa shape index (κ1) is 16.6. The number of carbonyl (C=O) groups excluding carboxylic acids is 2. The number of ketones is 1. The Balaban J connectivity index is 3.35. The van der Waals surface area contributed by atoms with Gasteiger partial charge < -0.3 is 9.47 Å². The molecule has 0 saturated carbocycles. The summed E-state index contributed by atoms with van der Waals surface area (Å²) < 4.78 is 33.9. The monoisotopic (exact) mass is 350 g/mol. The Kier molecular flexibility index (Phi) is 6.06. The second-order valence-electron chi connectivity index (χ2n) is 3.79. The molecule has 1 aromatic rings. The number of carbonyl (C=O) groups is 2. The quantitative estimate of drug-likeness (QED) is 0.582. The molecule has 0 aromatic heterocycles. The van der Waals surface area contributed by atoms with E-state index in [2.05, 4.69) is 20.7 Å². The van der Waals surface area contributed by atoms with Gasteiger partial charge in [-0.15, -0.1) is 0 Å². The number of ether oxygens (including phenoxy) is 2. The van der Waals surface area contributed by atoms with E-state index >= 15 is 0 Å². The molecule has 0 N–H and O–H groups in total. The van der Waals surface area contributed by atoms with E-state index in [-0.39, 0.29) is 29.3 Å². The molecular formula is C13H13BrF2O4. The van der Waals surface area contributed by atoms with Gasteiger partial charge in [0.1, 0.15) is 17.1 Å². The van der Waals surface area contributed by atoms with Crippen molar-refractivity contribution in [1.82, 2.24) is 0 Å². The van der Waals surface area contributed by atoms with Crippen LogP contribution in [0.5, 0.6) is 5.75 Å². The van der Waals surface area contributed by atoms with E-state index in [0.29, 0.717) is 0 Å². The predicted octanol–water partition coefficient (Wildman–Crippen LogP) is 3.49. The molecular weight excluding hydrogens is 338 g/mol. The molecule has 1 rings (SSSR count). The highest BCUT2D eigenvalue weighted by molar-refractivity contribution is 9.09. The summed E-state index contributed by atoms with van der Waals surface area (Å²) in [6, 6.07) is 4.13. The number of Topliss-reactive ketones (excluding diaryl/α,β-unsaturated/α-hetero) is 1. The molecule has 4 nitrogen and oxygen atoms in total. The highest BCUT2D eigenvalue weighted by Gasteiger charge is 2.26. The number of alkyl halides is 3. The van der Waals surface area contributed by atoms with Crippen molar-refractivity contribution in [2.24, 2.45) is 0 Å². The summed E-state index contributed by atoms with van der Waals surface area (Å²) in [5.41, 5.74) is 0.0563. The van der Waals surface area contributed by atoms with Crippen LogP contribution in [0.4, 0.5) is 8.78 Å². The molecule has 0 spiro atoms. The smallest absolute Gasteiger partial charge is 0.387 e. The molecule has 7 heteroatoms. The number of hydrogen-bond acceptors (Lipinski definition) is 4. The molecule has 0 fully saturated rings. The maximum Gasteiger partial charge on any atom is 0.387 e. The molecule has 0 heterocycles. The van der Waals surface area contributed by atoms with Crippen molar-refractivity contribution in [1.29, 1.82) is 0 Å². The van der Waals surface area contributed by atoms with E-state index in [0.717, 1.165) is 0 Å². The van der Waals surface area contributed by atoms with E-state index in [4.69, 9.17) is 4.74 Å². The Morgan fingerprint density at radius 2 is 2.00 bits per heavy atom. The number of hydrogen-bond donors (Lipinski definition) is 0. The van der Waals surface area contributed by atoms with Crippen molar-refractivity contribution in [2.45, 2.75) is 25.3 Å². The molecule has 0 aliphatic heterocycles. The second-order valence-corrected chi connectivity index (χ2v) is 4.71. The normalized spacial score (nSPS) is 12.1. The van der Waals surface area contributed by atoms with Crippen molar-refractivity contribution in [3.05, 3.63) is 29.3 Å². The van der Waals surface area contributed by atoms with Crippen LogP contribution in [0, 0.1) is 0 Å². The summed E-state index contributed by atoms with van der Waals surface area (Å²) in [7, 11) is 0. The highest BCUT2D eigenvalue weighted by atomic mass is 79.9. The van der Waals surface area contributed by atoms with Gasteiger partial charge in [0.2, 0.25) is 0 Å². The van der Waals surface area contributed by atoms with Gasteiger partial charge in [-0.2, -0.15) is 8.78 Å². The third-order valence-electron chi connectivity index (χ3n) is 2.38. The van der Waals surface area contributed by atoms with Crippen LogP contribution in [0.25, 0.3) is 0 Å². The van der Waals surface area contributed by atoms with E-state index < -0.39 is 17.4 Å². The van der Waals surface area contributed by atoms with Gasteiger partial charge >= 0.3 is 12.6 Å². The number of halogens is 3. The predicted molar refractivity (Wildman–Crippen MR) is 71.4 cm³/mol. The maximum absolute atomic E-state index is 12.4. The topological polar surface area (TPSA) is 52.6 Å². The van der Waals surface area contributed by atoms with Crippen molar-refractivity contribution in [2.75, 3.05) is 6.61 Å². The molecule has 1 atom stereocenters. The average molecular weight is 351 g/mol. The Morgan fingerprint density at radius 1 is 1.35 bits per heavy atom. The standard InChI is InChI=1S/C13H13BrF2O4/c1-3-19-12(18)10-8(11(14)7(2)17)5-4-6-9(10)20-13(15)16/h4-6,11,13H,3H2,1-2H3. The zero-order valence-electron chi connectivity index (χ0n) is 10.9. The van der Waals surface area contributed by atoms with Gasteiger partial charge in [-0.05, 0) is 25.5 Å². The Labute approximate surface area is 123 Å². The van der Waals surface area contributed by atoms with Crippen LogP contribution in [-0.2, 0) is 9.53 Å². The summed E-state index contributed by atoms with van der Waals surface area (Å²) in [4.78, 5) is 22.5. The van der Waals surface area contributed by atoms with Crippen LogP contribution in [-0.4, -0.2) is 25.0 Å². The lowest BCUT2D eigenvalue weighted by molar-refractivity contribution is -0.116. The minimum atomic E-state index is -3.08. The molecule has 0 radical (unpaired) electrons. The fraction of sp³-hybridized carbons (Fsp3) is 0.385. The molecule has 0 bridgehead atoms. The molecule has 0 amide bonds. The van der Waals surface area contributed by atoms with Crippen LogP contribution in [0.2, 0.25) is 0 Å². The van der Waals surface area contributed by atoms with Gasteiger partial charge in [0.05, 0.1) is 11.4 Å². The zero-order valence-corrected chi connectivity index (χ0v) is 12.4. The fourth-order valence-electron chi connectivity index (χ4n) is 1.59. The van der Waals surface area contributed by atoms with Gasteiger partial charge in [-0.1, -0.05) is 28.1 Å². The van der Waals surface area contributed by atoms with Crippen LogP contribution < -0.4 is 4.74 Å². The van der Waals surface area contributed by atoms with Gasteiger partial charge in [-0.3, -0.25) is 4.79 Å². The Hall–Kier alpha value is -1.50. The van der Waals surface area contributed by atoms with Crippen LogP contribution in [0.15, 0.2) is 18.2 Å². The van der Waals surface area contributed by atoms with Gasteiger partial charge in [0.15, 0.2) is 0 Å². The summed E-state index contributed by atoms with van der Waals surface area (Å²) in [5.74, 6) is -1.41. The summed E-state index contributed by atoms with van der Waals surface area (Å²) in [6.07, 6.45) is 0. The van der Waals surface area contributed by atoms with Crippen LogP contribution in [0.3, 0.4) is 0 Å². The molecule has 110 valence electrons. The maximum atomic E-state index is 12.4. The first-order valence-electron chi connectivity index (χ1n) is 5.77. The van der Waals surface area contributed by atoms with E-state index in [1.165, 1.54) is 25.1 Å². The van der Waals surface area contributed by atoms with Crippen molar-refractivity contribution in [3.8, 4) is 5.75 Å². The zero-order chi connectivity index (χ0) is 15.3. The summed E-state index contributed by atoms with van der Waals surface area (Å²) in [6.45, 7) is -0.0989. The average Bonchev–Trinajstić information content (AvgIpc) is 2.36. The molecule has 20 heavy (non-hydrogen) atoms. The van der Waals surface area contributed by atoms with Crippen LogP contribution >= 0.6 is 15.9 Å². The van der Waals surface area contributed by atoms with Gasteiger partial charge in [0.25, 0.3) is 0 Å². The first-order chi connectivity index (χ1) is 9.38. The second kappa shape index (κ2) is 7.33. The lowest BCUT2D eigenvalue weighted by atomic mass is 10.0. The molecule has 1 aromatic carbocycles. The lowest BCUT2D eigenvalue weighted by Gasteiger charge is -2.16. The third kappa shape index (κ3) is 4.00. The van der Waals surface area contributed by atoms with E-state index in [9.17, 15) is 18.4 Å². The molecule has 0 aliphatic rings. The van der Waals surface area contributed by atoms with Crippen molar-refractivity contribution < 1.29 is 27.8 Å². The molecule has 0 aliphatic carbocycles. The fourth-order valence-corrected chi connectivity index (χ4v) is 1.98. The minimum Gasteiger partial charge on any atom is -0.462 e.